The topological polar surface area (TPSA) is 38.9 Å². The van der Waals surface area contributed by atoms with Gasteiger partial charge < -0.3 is 5.73 Å². The molecule has 0 amide bonds. The molecule has 1 aromatic heterocycles. The van der Waals surface area contributed by atoms with Gasteiger partial charge in [-0.25, -0.2) is 9.37 Å². The molecule has 1 fully saturated rings. The van der Waals surface area contributed by atoms with Crippen LogP contribution < -0.4 is 5.73 Å². The van der Waals surface area contributed by atoms with Crippen molar-refractivity contribution in [3.8, 4) is 11.3 Å². The number of nitrogens with two attached hydrogens (primary N) is 1. The van der Waals surface area contributed by atoms with Gasteiger partial charge >= 0.3 is 0 Å². The molecule has 5 heteroatoms. The van der Waals surface area contributed by atoms with Crippen molar-refractivity contribution in [2.75, 3.05) is 0 Å². The molecule has 0 spiro atoms. The summed E-state index contributed by atoms with van der Waals surface area (Å²) in [5.74, 6) is -0.258. The highest BCUT2D eigenvalue weighted by atomic mass is 79.9. The number of aromatic nitrogens is 1. The summed E-state index contributed by atoms with van der Waals surface area (Å²) in [5, 5.41) is 3.02. The van der Waals surface area contributed by atoms with E-state index < -0.39 is 0 Å². The predicted molar refractivity (Wildman–Crippen MR) is 84.2 cm³/mol. The first kappa shape index (κ1) is 14.2. The van der Waals surface area contributed by atoms with Gasteiger partial charge in [-0.05, 0) is 47.0 Å². The summed E-state index contributed by atoms with van der Waals surface area (Å²) >= 11 is 4.83. The number of rotatable bonds is 2. The van der Waals surface area contributed by atoms with Gasteiger partial charge in [-0.15, -0.1) is 11.3 Å². The highest BCUT2D eigenvalue weighted by molar-refractivity contribution is 9.10. The Morgan fingerprint density at radius 3 is 2.70 bits per heavy atom. The Morgan fingerprint density at radius 1 is 1.25 bits per heavy atom. The summed E-state index contributed by atoms with van der Waals surface area (Å²) < 4.78 is 13.7. The third-order valence-electron chi connectivity index (χ3n) is 3.89. The fourth-order valence-corrected chi connectivity index (χ4v) is 4.07. The molecule has 0 unspecified atom stereocenters. The summed E-state index contributed by atoms with van der Waals surface area (Å²) in [5.41, 5.74) is 8.03. The molecule has 2 nitrogen and oxygen atoms in total. The molecule has 2 N–H and O–H groups in total. The molecule has 0 aliphatic heterocycles. The van der Waals surface area contributed by atoms with Gasteiger partial charge in [0.2, 0.25) is 0 Å². The second-order valence-electron chi connectivity index (χ2n) is 5.38. The van der Waals surface area contributed by atoms with E-state index in [0.29, 0.717) is 4.47 Å². The monoisotopic (exact) mass is 354 g/mol. The predicted octanol–water partition coefficient (Wildman–Crippen LogP) is 4.83. The van der Waals surface area contributed by atoms with E-state index in [2.05, 4.69) is 15.9 Å². The average molecular weight is 355 g/mol. The first-order chi connectivity index (χ1) is 9.58. The Kier molecular flexibility index (Phi) is 3.93. The Labute approximate surface area is 130 Å². The van der Waals surface area contributed by atoms with Crippen molar-refractivity contribution in [3.05, 3.63) is 38.9 Å². The smallest absolute Gasteiger partial charge is 0.137 e. The third-order valence-corrected chi connectivity index (χ3v) is 5.56. The second kappa shape index (κ2) is 5.54. The quantitative estimate of drug-likeness (QED) is 0.838. The van der Waals surface area contributed by atoms with Gasteiger partial charge in [-0.2, -0.15) is 0 Å². The van der Waals surface area contributed by atoms with Crippen LogP contribution in [0.4, 0.5) is 4.39 Å². The number of nitrogens with zero attached hydrogens (tertiary/aromatic N) is 1. The molecule has 1 saturated carbocycles. The van der Waals surface area contributed by atoms with Crippen LogP contribution in [0, 0.1) is 5.82 Å². The zero-order valence-corrected chi connectivity index (χ0v) is 13.4. The minimum atomic E-state index is -0.265. The van der Waals surface area contributed by atoms with E-state index in [4.69, 9.17) is 10.7 Å². The summed E-state index contributed by atoms with van der Waals surface area (Å²) in [6.07, 6.45) is 5.63. The van der Waals surface area contributed by atoms with Crippen molar-refractivity contribution in [2.45, 2.75) is 37.6 Å². The molecular weight excluding hydrogens is 339 g/mol. The zero-order valence-electron chi connectivity index (χ0n) is 11.0. The number of hydrogen-bond donors (Lipinski definition) is 1. The number of benzene rings is 1. The SMILES string of the molecule is NC1(c2nc(-c3ccc(F)c(Br)c3)cs2)CCCCC1. The van der Waals surface area contributed by atoms with Crippen molar-refractivity contribution in [3.63, 3.8) is 0 Å². The van der Waals surface area contributed by atoms with Gasteiger partial charge in [0.1, 0.15) is 10.8 Å². The lowest BCUT2D eigenvalue weighted by Crippen LogP contribution is -2.38. The van der Waals surface area contributed by atoms with Crippen molar-refractivity contribution in [2.24, 2.45) is 5.73 Å². The van der Waals surface area contributed by atoms with Crippen molar-refractivity contribution in [1.82, 2.24) is 4.98 Å². The van der Waals surface area contributed by atoms with E-state index >= 15 is 0 Å². The summed E-state index contributed by atoms with van der Waals surface area (Å²) in [6.45, 7) is 0. The summed E-state index contributed by atoms with van der Waals surface area (Å²) in [4.78, 5) is 4.70. The first-order valence-electron chi connectivity index (χ1n) is 6.79. The molecule has 106 valence electrons. The molecule has 0 radical (unpaired) electrons. The molecule has 0 bridgehead atoms. The van der Waals surface area contributed by atoms with Crippen LogP contribution in [0.3, 0.4) is 0 Å². The van der Waals surface area contributed by atoms with Crippen LogP contribution in [-0.2, 0) is 5.54 Å². The lowest BCUT2D eigenvalue weighted by Gasteiger charge is -2.31. The fourth-order valence-electron chi connectivity index (χ4n) is 2.69. The number of thiazole rings is 1. The zero-order chi connectivity index (χ0) is 14.2. The molecule has 3 rings (SSSR count). The van der Waals surface area contributed by atoms with E-state index in [1.807, 2.05) is 5.38 Å². The lowest BCUT2D eigenvalue weighted by atomic mass is 9.83. The average Bonchev–Trinajstić information content (AvgIpc) is 2.93. The van der Waals surface area contributed by atoms with Gasteiger partial charge in [0.05, 0.1) is 15.7 Å². The molecule has 1 aromatic carbocycles. The number of halogens is 2. The molecule has 1 heterocycles. The van der Waals surface area contributed by atoms with Crippen LogP contribution in [0.25, 0.3) is 11.3 Å². The summed E-state index contributed by atoms with van der Waals surface area (Å²) in [7, 11) is 0. The van der Waals surface area contributed by atoms with E-state index in [0.717, 1.165) is 29.1 Å². The van der Waals surface area contributed by atoms with Gasteiger partial charge in [-0.3, -0.25) is 0 Å². The Hall–Kier alpha value is -0.780. The van der Waals surface area contributed by atoms with Crippen LogP contribution in [0.5, 0.6) is 0 Å². The van der Waals surface area contributed by atoms with E-state index in [1.54, 1.807) is 23.5 Å². The lowest BCUT2D eigenvalue weighted by molar-refractivity contribution is 0.301. The van der Waals surface area contributed by atoms with E-state index in [1.165, 1.54) is 25.3 Å². The largest absolute Gasteiger partial charge is 0.319 e. The standard InChI is InChI=1S/C15H16BrFN2S/c16-11-8-10(4-5-12(11)17)13-9-20-14(19-13)15(18)6-2-1-3-7-15/h4-5,8-9H,1-3,6-7,18H2. The molecule has 1 aliphatic carbocycles. The Morgan fingerprint density at radius 2 is 2.00 bits per heavy atom. The molecule has 0 atom stereocenters. The van der Waals surface area contributed by atoms with Gasteiger partial charge in [0.15, 0.2) is 0 Å². The fraction of sp³-hybridized carbons (Fsp3) is 0.400. The van der Waals surface area contributed by atoms with Crippen molar-refractivity contribution >= 4 is 27.3 Å². The maximum absolute atomic E-state index is 13.3. The highest BCUT2D eigenvalue weighted by Crippen LogP contribution is 2.38. The maximum Gasteiger partial charge on any atom is 0.137 e. The molecular formula is C15H16BrFN2S. The van der Waals surface area contributed by atoms with Crippen molar-refractivity contribution < 1.29 is 4.39 Å². The second-order valence-corrected chi connectivity index (χ2v) is 7.10. The van der Waals surface area contributed by atoms with E-state index in [-0.39, 0.29) is 11.4 Å². The van der Waals surface area contributed by atoms with Gasteiger partial charge in [0, 0.05) is 10.9 Å². The van der Waals surface area contributed by atoms with Gasteiger partial charge in [0.25, 0.3) is 0 Å². The van der Waals surface area contributed by atoms with Crippen LogP contribution in [-0.4, -0.2) is 4.98 Å². The number of hydrogen-bond acceptors (Lipinski definition) is 3. The summed E-state index contributed by atoms with van der Waals surface area (Å²) in [6, 6.07) is 4.97. The first-order valence-corrected chi connectivity index (χ1v) is 8.46. The Balaban J connectivity index is 1.91. The minimum Gasteiger partial charge on any atom is -0.319 e. The van der Waals surface area contributed by atoms with E-state index in [9.17, 15) is 4.39 Å². The minimum absolute atomic E-state index is 0.258. The molecule has 20 heavy (non-hydrogen) atoms. The molecule has 2 aromatic rings. The van der Waals surface area contributed by atoms with Crippen LogP contribution in [0.2, 0.25) is 0 Å². The van der Waals surface area contributed by atoms with Crippen molar-refractivity contribution in [1.29, 1.82) is 0 Å². The van der Waals surface area contributed by atoms with Crippen LogP contribution >= 0.6 is 27.3 Å². The van der Waals surface area contributed by atoms with Crippen LogP contribution in [0.15, 0.2) is 28.1 Å². The molecule has 0 saturated heterocycles. The van der Waals surface area contributed by atoms with Gasteiger partial charge in [-0.1, -0.05) is 19.3 Å². The van der Waals surface area contributed by atoms with Crippen LogP contribution in [0.1, 0.15) is 37.1 Å². The highest BCUT2D eigenvalue weighted by Gasteiger charge is 2.32. The Bertz CT molecular complexity index is 620. The normalized spacial score (nSPS) is 18.1. The molecule has 1 aliphatic rings. The maximum atomic E-state index is 13.3. The third kappa shape index (κ3) is 2.67.